The second-order valence-electron chi connectivity index (χ2n) is 3.86. The van der Waals surface area contributed by atoms with Crippen molar-refractivity contribution in [1.29, 1.82) is 0 Å². The summed E-state index contributed by atoms with van der Waals surface area (Å²) in [5.41, 5.74) is 1.28. The van der Waals surface area contributed by atoms with Crippen molar-refractivity contribution < 1.29 is 0 Å². The molecule has 0 unspecified atom stereocenters. The Labute approximate surface area is 91.6 Å². The third-order valence-electron chi connectivity index (χ3n) is 2.68. The molecule has 0 spiro atoms. The van der Waals surface area contributed by atoms with E-state index in [1.54, 1.807) is 0 Å². The summed E-state index contributed by atoms with van der Waals surface area (Å²) in [7, 11) is 0. The van der Waals surface area contributed by atoms with Crippen molar-refractivity contribution in [2.75, 3.05) is 32.7 Å². The molecule has 1 aliphatic heterocycles. The maximum absolute atomic E-state index is 3.36. The zero-order valence-electron chi connectivity index (χ0n) is 9.02. The van der Waals surface area contributed by atoms with Crippen LogP contribution in [-0.2, 0) is 0 Å². The fourth-order valence-corrected chi connectivity index (χ4v) is 1.80. The van der Waals surface area contributed by atoms with Crippen molar-refractivity contribution in [3.8, 4) is 0 Å². The van der Waals surface area contributed by atoms with Gasteiger partial charge in [0.15, 0.2) is 0 Å². The molecule has 80 valence electrons. The van der Waals surface area contributed by atoms with Crippen LogP contribution in [0.1, 0.15) is 5.56 Å². The van der Waals surface area contributed by atoms with Crippen molar-refractivity contribution in [1.82, 2.24) is 10.2 Å². The highest BCUT2D eigenvalue weighted by molar-refractivity contribution is 5.48. The van der Waals surface area contributed by atoms with Gasteiger partial charge in [-0.25, -0.2) is 0 Å². The van der Waals surface area contributed by atoms with Gasteiger partial charge in [0.1, 0.15) is 0 Å². The molecular formula is C13H18N2. The van der Waals surface area contributed by atoms with E-state index in [9.17, 15) is 0 Å². The summed E-state index contributed by atoms with van der Waals surface area (Å²) in [6, 6.07) is 10.5. The Hall–Kier alpha value is -1.12. The SMILES string of the molecule is C(=C/c1ccccc1)/CN1CCNCC1. The topological polar surface area (TPSA) is 15.3 Å². The van der Waals surface area contributed by atoms with Crippen LogP contribution in [0.15, 0.2) is 36.4 Å². The van der Waals surface area contributed by atoms with Gasteiger partial charge < -0.3 is 5.32 Å². The molecule has 0 aliphatic carbocycles. The van der Waals surface area contributed by atoms with E-state index >= 15 is 0 Å². The number of hydrogen-bond acceptors (Lipinski definition) is 2. The number of nitrogens with zero attached hydrogens (tertiary/aromatic N) is 1. The first-order valence-electron chi connectivity index (χ1n) is 5.60. The zero-order valence-corrected chi connectivity index (χ0v) is 9.02. The van der Waals surface area contributed by atoms with Crippen LogP contribution in [0.5, 0.6) is 0 Å². The third-order valence-corrected chi connectivity index (χ3v) is 2.68. The Bertz CT molecular complexity index is 300. The van der Waals surface area contributed by atoms with Crippen LogP contribution >= 0.6 is 0 Å². The van der Waals surface area contributed by atoms with Crippen LogP contribution < -0.4 is 5.32 Å². The molecule has 0 bridgehead atoms. The predicted octanol–water partition coefficient (Wildman–Crippen LogP) is 1.60. The van der Waals surface area contributed by atoms with Gasteiger partial charge in [0.2, 0.25) is 0 Å². The van der Waals surface area contributed by atoms with Gasteiger partial charge in [-0.1, -0.05) is 42.5 Å². The molecule has 0 radical (unpaired) electrons. The van der Waals surface area contributed by atoms with Gasteiger partial charge in [-0.15, -0.1) is 0 Å². The maximum atomic E-state index is 3.36. The summed E-state index contributed by atoms with van der Waals surface area (Å²) in [6.45, 7) is 5.65. The van der Waals surface area contributed by atoms with Crippen LogP contribution in [0.2, 0.25) is 0 Å². The molecule has 1 aromatic carbocycles. The summed E-state index contributed by atoms with van der Waals surface area (Å²) in [5.74, 6) is 0. The van der Waals surface area contributed by atoms with Crippen LogP contribution in [-0.4, -0.2) is 37.6 Å². The summed E-state index contributed by atoms with van der Waals surface area (Å²) < 4.78 is 0. The van der Waals surface area contributed by atoms with Crippen molar-refractivity contribution in [2.24, 2.45) is 0 Å². The molecule has 1 aliphatic rings. The number of rotatable bonds is 3. The van der Waals surface area contributed by atoms with Crippen LogP contribution in [0.4, 0.5) is 0 Å². The van der Waals surface area contributed by atoms with E-state index < -0.39 is 0 Å². The Balaban J connectivity index is 1.79. The summed E-state index contributed by atoms with van der Waals surface area (Å²) in [5, 5.41) is 3.36. The highest BCUT2D eigenvalue weighted by Gasteiger charge is 2.06. The molecule has 2 rings (SSSR count). The molecule has 0 aromatic heterocycles. The average Bonchev–Trinajstić information content (AvgIpc) is 2.32. The smallest absolute Gasteiger partial charge is 0.0167 e. The molecule has 2 heteroatoms. The monoisotopic (exact) mass is 202 g/mol. The van der Waals surface area contributed by atoms with Crippen molar-refractivity contribution >= 4 is 6.08 Å². The van der Waals surface area contributed by atoms with Gasteiger partial charge in [-0.3, -0.25) is 4.90 Å². The lowest BCUT2D eigenvalue weighted by Gasteiger charge is -2.25. The Morgan fingerprint density at radius 1 is 1.13 bits per heavy atom. The Morgan fingerprint density at radius 2 is 1.87 bits per heavy atom. The average molecular weight is 202 g/mol. The molecule has 15 heavy (non-hydrogen) atoms. The highest BCUT2D eigenvalue weighted by Crippen LogP contribution is 2.01. The van der Waals surface area contributed by atoms with Crippen molar-refractivity contribution in [3.05, 3.63) is 42.0 Å². The third kappa shape index (κ3) is 3.50. The van der Waals surface area contributed by atoms with E-state index in [1.165, 1.54) is 18.7 Å². The molecular weight excluding hydrogens is 184 g/mol. The first kappa shape index (κ1) is 10.4. The van der Waals surface area contributed by atoms with Gasteiger partial charge in [-0.05, 0) is 5.56 Å². The van der Waals surface area contributed by atoms with Crippen molar-refractivity contribution in [2.45, 2.75) is 0 Å². The van der Waals surface area contributed by atoms with Gasteiger partial charge in [0.05, 0.1) is 0 Å². The first-order chi connectivity index (χ1) is 7.45. The molecule has 1 N–H and O–H groups in total. The molecule has 1 fully saturated rings. The fourth-order valence-electron chi connectivity index (χ4n) is 1.80. The van der Waals surface area contributed by atoms with Crippen LogP contribution in [0, 0.1) is 0 Å². The Morgan fingerprint density at radius 3 is 2.60 bits per heavy atom. The minimum atomic E-state index is 1.07. The van der Waals surface area contributed by atoms with Crippen molar-refractivity contribution in [3.63, 3.8) is 0 Å². The lowest BCUT2D eigenvalue weighted by molar-refractivity contribution is 0.265. The molecule has 0 amide bonds. The molecule has 2 nitrogen and oxygen atoms in total. The van der Waals surface area contributed by atoms with Crippen LogP contribution in [0.25, 0.3) is 6.08 Å². The maximum Gasteiger partial charge on any atom is 0.0167 e. The normalized spacial score (nSPS) is 18.4. The molecule has 1 aromatic rings. The molecule has 0 saturated carbocycles. The zero-order chi connectivity index (χ0) is 10.3. The molecule has 1 saturated heterocycles. The molecule has 1 heterocycles. The second kappa shape index (κ2) is 5.69. The summed E-state index contributed by atoms with van der Waals surface area (Å²) in [4.78, 5) is 2.47. The highest BCUT2D eigenvalue weighted by atomic mass is 15.2. The lowest BCUT2D eigenvalue weighted by Crippen LogP contribution is -2.43. The second-order valence-corrected chi connectivity index (χ2v) is 3.86. The van der Waals surface area contributed by atoms with E-state index in [2.05, 4.69) is 46.6 Å². The minimum Gasteiger partial charge on any atom is -0.314 e. The minimum absolute atomic E-state index is 1.07. The van der Waals surface area contributed by atoms with Gasteiger partial charge >= 0.3 is 0 Å². The number of nitrogens with one attached hydrogen (secondary N) is 1. The number of piperazine rings is 1. The van der Waals surface area contributed by atoms with Gasteiger partial charge in [0, 0.05) is 32.7 Å². The number of hydrogen-bond donors (Lipinski definition) is 1. The van der Waals surface area contributed by atoms with Gasteiger partial charge in [-0.2, -0.15) is 0 Å². The standard InChI is InChI=1S/C13H18N2/c1-2-5-13(6-3-1)7-4-10-15-11-8-14-9-12-15/h1-7,14H,8-12H2/b7-4-. The first-order valence-corrected chi connectivity index (χ1v) is 5.60. The fraction of sp³-hybridized carbons (Fsp3) is 0.385. The summed E-state index contributed by atoms with van der Waals surface area (Å²) in [6.07, 6.45) is 4.45. The van der Waals surface area contributed by atoms with E-state index in [4.69, 9.17) is 0 Å². The van der Waals surface area contributed by atoms with E-state index in [0.29, 0.717) is 0 Å². The van der Waals surface area contributed by atoms with E-state index in [0.717, 1.165) is 19.6 Å². The predicted molar refractivity (Wildman–Crippen MR) is 64.8 cm³/mol. The van der Waals surface area contributed by atoms with E-state index in [1.807, 2.05) is 6.07 Å². The number of benzene rings is 1. The van der Waals surface area contributed by atoms with E-state index in [-0.39, 0.29) is 0 Å². The van der Waals surface area contributed by atoms with Gasteiger partial charge in [0.25, 0.3) is 0 Å². The lowest BCUT2D eigenvalue weighted by atomic mass is 10.2. The quantitative estimate of drug-likeness (QED) is 0.801. The van der Waals surface area contributed by atoms with Crippen LogP contribution in [0.3, 0.4) is 0 Å². The largest absolute Gasteiger partial charge is 0.314 e. The summed E-state index contributed by atoms with van der Waals surface area (Å²) >= 11 is 0. The Kier molecular flexibility index (Phi) is 3.94. The molecule has 0 atom stereocenters.